The van der Waals surface area contributed by atoms with Gasteiger partial charge in [-0.3, -0.25) is 10.2 Å². The number of morpholine rings is 1. The molecule has 1 aromatic heterocycles. The molecule has 2 aromatic carbocycles. The highest BCUT2D eigenvalue weighted by molar-refractivity contribution is 14.2. The second-order valence-corrected chi connectivity index (χ2v) is 11.4. The van der Waals surface area contributed by atoms with Crippen LogP contribution in [0.25, 0.3) is 11.0 Å². The van der Waals surface area contributed by atoms with Crippen LogP contribution in [0.15, 0.2) is 36.4 Å². The van der Waals surface area contributed by atoms with Crippen LogP contribution in [0.5, 0.6) is 0 Å². The van der Waals surface area contributed by atoms with Gasteiger partial charge in [0.15, 0.2) is 5.82 Å². The minimum absolute atomic E-state index is 0.169. The zero-order valence-electron chi connectivity index (χ0n) is 20.0. The second kappa shape index (κ2) is 11.2. The monoisotopic (exact) mass is 640 g/mol. The third-order valence-corrected chi connectivity index (χ3v) is 8.08. The minimum atomic E-state index is -2.68. The number of H-pyrrole nitrogens is 1. The van der Waals surface area contributed by atoms with Gasteiger partial charge in [-0.05, 0) is 71.3 Å². The molecule has 1 saturated carbocycles. The molecule has 5 rings (SSSR count). The number of rotatable bonds is 7. The fourth-order valence-electron chi connectivity index (χ4n) is 4.80. The quantitative estimate of drug-likeness (QED) is 0.146. The summed E-state index contributed by atoms with van der Waals surface area (Å²) >= 11 is 2.22. The topological polar surface area (TPSA) is 106 Å². The minimum Gasteiger partial charge on any atom is -0.378 e. The van der Waals surface area contributed by atoms with E-state index < -0.39 is 11.8 Å². The normalized spacial score (nSPS) is 18.4. The molecular formula is C25H28F2IN6O2P. The van der Waals surface area contributed by atoms with Crippen molar-refractivity contribution < 1.29 is 18.3 Å². The van der Waals surface area contributed by atoms with Gasteiger partial charge in [0.1, 0.15) is 5.71 Å². The number of carbonyl (C=O) groups is 1. The Balaban J connectivity index is 1.37. The van der Waals surface area contributed by atoms with Gasteiger partial charge in [0.05, 0.1) is 24.2 Å². The van der Waals surface area contributed by atoms with E-state index in [0.29, 0.717) is 36.7 Å². The van der Waals surface area contributed by atoms with Crippen LogP contribution < -0.4 is 15.3 Å². The number of hydrogen-bond donors (Lipinski definition) is 4. The number of benzene rings is 2. The summed E-state index contributed by atoms with van der Waals surface area (Å²) in [7, 11) is 0. The number of nitrogens with zero attached hydrogens (tertiary/aromatic N) is 2. The maximum Gasteiger partial charge on any atom is 0.248 e. The SMILES string of the molecule is N=C(c1nc2ccc(N3CCOCC3)cc2[nH]1)c1cc(NC(=O)C2CCC(F)(F)CC2)ccc1NPI. The van der Waals surface area contributed by atoms with Crippen molar-refractivity contribution in [2.45, 2.75) is 31.6 Å². The Kier molecular flexibility index (Phi) is 7.92. The Morgan fingerprint density at radius 1 is 1.19 bits per heavy atom. The van der Waals surface area contributed by atoms with Crippen LogP contribution in [0.1, 0.15) is 37.1 Å². The number of aromatic nitrogens is 2. The van der Waals surface area contributed by atoms with Crippen LogP contribution >= 0.6 is 28.4 Å². The number of imidazole rings is 1. The molecule has 1 aliphatic heterocycles. The first-order valence-electron chi connectivity index (χ1n) is 12.2. The largest absolute Gasteiger partial charge is 0.378 e. The molecule has 1 unspecified atom stereocenters. The molecule has 0 bridgehead atoms. The summed E-state index contributed by atoms with van der Waals surface area (Å²) in [5.74, 6) is -2.95. The summed E-state index contributed by atoms with van der Waals surface area (Å²) in [6, 6.07) is 11.3. The molecule has 196 valence electrons. The summed E-state index contributed by atoms with van der Waals surface area (Å²) in [4.78, 5) is 23.0. The average Bonchev–Trinajstić information content (AvgIpc) is 3.33. The Labute approximate surface area is 228 Å². The standard InChI is InChI=1S/C25H28F2IN6O2P/c26-25(27)7-5-15(6-8-25)24(35)30-16-1-3-19(33-37-28)18(13-16)22(29)23-31-20-4-2-17(14-21(20)32-23)34-9-11-36-12-10-34/h1-4,13-15,29,33,37H,5-12H2,(H,30,35)(H,31,32). The summed E-state index contributed by atoms with van der Waals surface area (Å²) in [5, 5.41) is 15.1. The van der Waals surface area contributed by atoms with Crippen molar-refractivity contribution in [3.63, 3.8) is 0 Å². The van der Waals surface area contributed by atoms with Crippen LogP contribution in [0.2, 0.25) is 0 Å². The molecule has 1 aliphatic carbocycles. The summed E-state index contributed by atoms with van der Waals surface area (Å²) < 4.78 is 32.5. The predicted molar refractivity (Wildman–Crippen MR) is 153 cm³/mol. The molecule has 3 aromatic rings. The molecule has 2 heterocycles. The van der Waals surface area contributed by atoms with E-state index in [1.807, 2.05) is 24.3 Å². The molecule has 8 nitrogen and oxygen atoms in total. The lowest BCUT2D eigenvalue weighted by Crippen LogP contribution is -2.36. The van der Waals surface area contributed by atoms with Gasteiger partial charge in [0.2, 0.25) is 11.8 Å². The maximum atomic E-state index is 13.5. The maximum absolute atomic E-state index is 13.5. The van der Waals surface area contributed by atoms with Gasteiger partial charge in [-0.15, -0.1) is 0 Å². The van der Waals surface area contributed by atoms with E-state index in [4.69, 9.17) is 10.1 Å². The zero-order valence-corrected chi connectivity index (χ0v) is 23.2. The van der Waals surface area contributed by atoms with E-state index in [2.05, 4.69) is 47.3 Å². The van der Waals surface area contributed by atoms with Crippen LogP contribution in [0.3, 0.4) is 0 Å². The van der Waals surface area contributed by atoms with Crippen LogP contribution in [0, 0.1) is 11.3 Å². The predicted octanol–water partition coefficient (Wildman–Crippen LogP) is 5.94. The molecule has 1 saturated heterocycles. The van der Waals surface area contributed by atoms with Crippen molar-refractivity contribution in [2.24, 2.45) is 5.92 Å². The molecule has 2 fully saturated rings. The van der Waals surface area contributed by atoms with E-state index in [-0.39, 0.29) is 37.3 Å². The van der Waals surface area contributed by atoms with E-state index >= 15 is 0 Å². The number of anilines is 3. The van der Waals surface area contributed by atoms with Crippen molar-refractivity contribution in [1.29, 1.82) is 5.41 Å². The number of fused-ring (bicyclic) bond motifs is 1. The van der Waals surface area contributed by atoms with Gasteiger partial charge in [-0.2, -0.15) is 0 Å². The van der Waals surface area contributed by atoms with E-state index in [1.54, 1.807) is 12.1 Å². The Morgan fingerprint density at radius 2 is 1.95 bits per heavy atom. The number of carbonyl (C=O) groups excluding carboxylic acids is 1. The number of amides is 1. The molecule has 37 heavy (non-hydrogen) atoms. The highest BCUT2D eigenvalue weighted by atomic mass is 127. The van der Waals surface area contributed by atoms with Gasteiger partial charge >= 0.3 is 0 Å². The van der Waals surface area contributed by atoms with Crippen molar-refractivity contribution in [1.82, 2.24) is 9.97 Å². The van der Waals surface area contributed by atoms with Crippen molar-refractivity contribution >= 4 is 68.1 Å². The highest BCUT2D eigenvalue weighted by Gasteiger charge is 2.37. The van der Waals surface area contributed by atoms with Gasteiger partial charge in [-0.25, -0.2) is 13.8 Å². The first kappa shape index (κ1) is 26.2. The van der Waals surface area contributed by atoms with Crippen molar-refractivity contribution in [3.05, 3.63) is 47.8 Å². The molecule has 1 atom stereocenters. The first-order chi connectivity index (χ1) is 17.8. The van der Waals surface area contributed by atoms with E-state index in [9.17, 15) is 13.6 Å². The average molecular weight is 640 g/mol. The molecule has 1 amide bonds. The lowest BCUT2D eigenvalue weighted by molar-refractivity contribution is -0.124. The van der Waals surface area contributed by atoms with Gasteiger partial charge in [0, 0.05) is 60.8 Å². The fourth-order valence-corrected chi connectivity index (χ4v) is 5.99. The van der Waals surface area contributed by atoms with Gasteiger partial charge in [0.25, 0.3) is 0 Å². The van der Waals surface area contributed by atoms with Crippen molar-refractivity contribution in [2.75, 3.05) is 41.6 Å². The smallest absolute Gasteiger partial charge is 0.248 e. The molecule has 2 aliphatic rings. The number of nitrogens with one attached hydrogen (secondary N) is 4. The summed E-state index contributed by atoms with van der Waals surface area (Å²) in [6.45, 7) is 3.06. The highest BCUT2D eigenvalue weighted by Crippen LogP contribution is 2.37. The number of ether oxygens (including phenoxy) is 1. The second-order valence-electron chi connectivity index (χ2n) is 9.36. The third kappa shape index (κ3) is 6.04. The summed E-state index contributed by atoms with van der Waals surface area (Å²) in [6.07, 6.45) is 0.192. The molecule has 0 radical (unpaired) electrons. The third-order valence-electron chi connectivity index (χ3n) is 6.90. The molecule has 0 spiro atoms. The lowest BCUT2D eigenvalue weighted by Gasteiger charge is -2.28. The van der Waals surface area contributed by atoms with Crippen LogP contribution in [0.4, 0.5) is 25.8 Å². The lowest BCUT2D eigenvalue weighted by atomic mass is 9.86. The molecule has 4 N–H and O–H groups in total. The van der Waals surface area contributed by atoms with E-state index in [0.717, 1.165) is 35.5 Å². The Morgan fingerprint density at radius 3 is 2.68 bits per heavy atom. The molecule has 12 heteroatoms. The Hall–Kier alpha value is -2.37. The first-order valence-corrected chi connectivity index (χ1v) is 16.3. The Bertz CT molecular complexity index is 1300. The zero-order chi connectivity index (χ0) is 26.0. The van der Waals surface area contributed by atoms with Gasteiger partial charge < -0.3 is 25.0 Å². The molecular weight excluding hydrogens is 612 g/mol. The summed E-state index contributed by atoms with van der Waals surface area (Å²) in [5.41, 5.74) is 4.74. The van der Waals surface area contributed by atoms with Crippen LogP contribution in [-0.2, 0) is 9.53 Å². The number of aromatic amines is 1. The van der Waals surface area contributed by atoms with Crippen molar-refractivity contribution in [3.8, 4) is 0 Å². The van der Waals surface area contributed by atoms with Gasteiger partial charge in [-0.1, -0.05) is 0 Å². The fraction of sp³-hybridized carbons (Fsp3) is 0.400. The number of hydrogen-bond acceptors (Lipinski definition) is 6. The number of halogens is 3. The number of alkyl halides is 2. The van der Waals surface area contributed by atoms with Crippen LogP contribution in [-0.4, -0.2) is 53.8 Å². The van der Waals surface area contributed by atoms with E-state index in [1.165, 1.54) is 0 Å².